The van der Waals surface area contributed by atoms with Gasteiger partial charge in [-0.05, 0) is 41.5 Å². The Morgan fingerprint density at radius 3 is 2.33 bits per heavy atom. The number of quaternary nitrogens is 1. The minimum atomic E-state index is -0.0394. The van der Waals surface area contributed by atoms with Gasteiger partial charge in [0.15, 0.2) is 6.54 Å². The number of hydrogen-bond donors (Lipinski definition) is 2. The second-order valence-corrected chi connectivity index (χ2v) is 7.98. The normalized spacial score (nSPS) is 15.7. The monoisotopic (exact) mass is 402 g/mol. The summed E-state index contributed by atoms with van der Waals surface area (Å²) in [5.74, 6) is 0.123. The molecule has 5 nitrogen and oxygen atoms in total. The van der Waals surface area contributed by atoms with Crippen LogP contribution in [-0.2, 0) is 4.79 Å². The van der Waals surface area contributed by atoms with Crippen LogP contribution in [0.4, 0.5) is 0 Å². The number of hydrogen-bond acceptors (Lipinski definition) is 2. The molecule has 1 aliphatic rings. The van der Waals surface area contributed by atoms with E-state index in [1.54, 1.807) is 0 Å². The van der Waals surface area contributed by atoms with Gasteiger partial charge in [0.1, 0.15) is 0 Å². The Morgan fingerprint density at radius 1 is 0.933 bits per heavy atom. The third kappa shape index (κ3) is 4.69. The van der Waals surface area contributed by atoms with Gasteiger partial charge in [-0.15, -0.1) is 0 Å². The number of carbonyl (C=O) groups is 2. The van der Waals surface area contributed by atoms with Crippen molar-refractivity contribution in [1.29, 1.82) is 0 Å². The van der Waals surface area contributed by atoms with E-state index in [-0.39, 0.29) is 17.9 Å². The highest BCUT2D eigenvalue weighted by molar-refractivity contribution is 5.94. The van der Waals surface area contributed by atoms with Gasteiger partial charge >= 0.3 is 0 Å². The zero-order chi connectivity index (χ0) is 20.9. The predicted molar refractivity (Wildman–Crippen MR) is 118 cm³/mol. The molecule has 0 aliphatic carbocycles. The molecule has 1 fully saturated rings. The highest BCUT2D eigenvalue weighted by atomic mass is 16.2. The van der Waals surface area contributed by atoms with Gasteiger partial charge < -0.3 is 15.1 Å². The number of carbonyl (C=O) groups excluding carboxylic acids is 2. The van der Waals surface area contributed by atoms with E-state index in [0.29, 0.717) is 19.6 Å². The highest BCUT2D eigenvalue weighted by Gasteiger charge is 2.26. The van der Waals surface area contributed by atoms with Gasteiger partial charge in [0, 0.05) is 5.56 Å². The molecular formula is C25H28N3O2+. The van der Waals surface area contributed by atoms with Crippen molar-refractivity contribution in [3.8, 4) is 0 Å². The van der Waals surface area contributed by atoms with Crippen molar-refractivity contribution < 1.29 is 14.5 Å². The summed E-state index contributed by atoms with van der Waals surface area (Å²) in [5.41, 5.74) is 1.83. The summed E-state index contributed by atoms with van der Waals surface area (Å²) in [6, 6.07) is 23.9. The van der Waals surface area contributed by atoms with Crippen LogP contribution in [-0.4, -0.2) is 49.4 Å². The Balaban J connectivity index is 1.27. The van der Waals surface area contributed by atoms with Gasteiger partial charge in [-0.3, -0.25) is 9.59 Å². The first-order valence-corrected chi connectivity index (χ1v) is 10.6. The lowest BCUT2D eigenvalue weighted by molar-refractivity contribution is -0.896. The van der Waals surface area contributed by atoms with Crippen molar-refractivity contribution >= 4 is 22.6 Å². The Bertz CT molecular complexity index is 1030. The quantitative estimate of drug-likeness (QED) is 0.686. The molecule has 0 aromatic heterocycles. The summed E-state index contributed by atoms with van der Waals surface area (Å²) in [4.78, 5) is 28.2. The van der Waals surface area contributed by atoms with Crippen molar-refractivity contribution in [2.75, 3.05) is 32.7 Å². The third-order valence-electron chi connectivity index (χ3n) is 5.84. The number of nitrogens with zero attached hydrogens (tertiary/aromatic N) is 1. The van der Waals surface area contributed by atoms with E-state index in [1.165, 1.54) is 15.7 Å². The number of piperazine rings is 1. The number of amides is 2. The number of benzene rings is 3. The van der Waals surface area contributed by atoms with E-state index < -0.39 is 0 Å². The van der Waals surface area contributed by atoms with Gasteiger partial charge in [0.25, 0.3) is 11.8 Å². The summed E-state index contributed by atoms with van der Waals surface area (Å²) in [5, 5.41) is 5.51. The van der Waals surface area contributed by atoms with E-state index in [1.807, 2.05) is 54.3 Å². The average Bonchev–Trinajstić information content (AvgIpc) is 2.79. The molecule has 1 saturated heterocycles. The smallest absolute Gasteiger partial charge is 0.275 e. The summed E-state index contributed by atoms with van der Waals surface area (Å²) in [6.07, 6.45) is 0. The molecule has 0 unspecified atom stereocenters. The molecule has 1 atom stereocenters. The molecule has 1 aliphatic heterocycles. The Morgan fingerprint density at radius 2 is 1.60 bits per heavy atom. The lowest BCUT2D eigenvalue weighted by Gasteiger charge is -2.32. The number of nitrogens with one attached hydrogen (secondary N) is 2. The fraction of sp³-hybridized carbons (Fsp3) is 0.280. The summed E-state index contributed by atoms with van der Waals surface area (Å²) in [6.45, 7) is 5.39. The minimum Gasteiger partial charge on any atom is -0.345 e. The van der Waals surface area contributed by atoms with Crippen LogP contribution in [0.25, 0.3) is 10.8 Å². The van der Waals surface area contributed by atoms with Crippen molar-refractivity contribution in [2.24, 2.45) is 0 Å². The van der Waals surface area contributed by atoms with E-state index in [9.17, 15) is 9.59 Å². The number of fused-ring (bicyclic) bond motifs is 1. The highest BCUT2D eigenvalue weighted by Crippen LogP contribution is 2.20. The zero-order valence-corrected chi connectivity index (χ0v) is 17.3. The molecule has 0 radical (unpaired) electrons. The van der Waals surface area contributed by atoms with Gasteiger partial charge in [-0.2, -0.15) is 0 Å². The van der Waals surface area contributed by atoms with Crippen LogP contribution in [0.1, 0.15) is 28.9 Å². The zero-order valence-electron chi connectivity index (χ0n) is 17.3. The molecule has 3 aromatic rings. The SMILES string of the molecule is C[C@@H](NC(=O)C[NH+]1CCN(C(=O)c2ccccc2)CC1)c1ccc2ccccc2c1. The van der Waals surface area contributed by atoms with Crippen molar-refractivity contribution in [2.45, 2.75) is 13.0 Å². The van der Waals surface area contributed by atoms with Gasteiger partial charge in [-0.1, -0.05) is 54.6 Å². The van der Waals surface area contributed by atoms with Crippen LogP contribution in [0.3, 0.4) is 0 Å². The van der Waals surface area contributed by atoms with Crippen LogP contribution in [0.2, 0.25) is 0 Å². The van der Waals surface area contributed by atoms with Gasteiger partial charge in [0.05, 0.1) is 32.2 Å². The second-order valence-electron chi connectivity index (χ2n) is 7.98. The van der Waals surface area contributed by atoms with Crippen LogP contribution >= 0.6 is 0 Å². The van der Waals surface area contributed by atoms with Gasteiger partial charge in [0.2, 0.25) is 0 Å². The van der Waals surface area contributed by atoms with E-state index in [4.69, 9.17) is 0 Å². The standard InChI is InChI=1S/C25H27N3O2/c1-19(22-12-11-20-7-5-6-10-23(20)17-22)26-24(29)18-27-13-15-28(16-14-27)25(30)21-8-3-2-4-9-21/h2-12,17,19H,13-16,18H2,1H3,(H,26,29)/p+1/t19-/m1/s1. The lowest BCUT2D eigenvalue weighted by atomic mass is 10.0. The minimum absolute atomic E-state index is 0.0394. The van der Waals surface area contributed by atoms with Crippen molar-refractivity contribution in [3.05, 3.63) is 83.9 Å². The molecule has 4 rings (SSSR count). The van der Waals surface area contributed by atoms with Crippen LogP contribution < -0.4 is 10.2 Å². The average molecular weight is 403 g/mol. The summed E-state index contributed by atoms with van der Waals surface area (Å²) in [7, 11) is 0. The first kappa shape index (κ1) is 20.1. The molecule has 0 saturated carbocycles. The molecule has 1 heterocycles. The fourth-order valence-corrected chi connectivity index (χ4v) is 4.05. The second kappa shape index (κ2) is 9.09. The van der Waals surface area contributed by atoms with Crippen LogP contribution in [0, 0.1) is 0 Å². The van der Waals surface area contributed by atoms with Crippen LogP contribution in [0.5, 0.6) is 0 Å². The summed E-state index contributed by atoms with van der Waals surface area (Å²) >= 11 is 0. The first-order chi connectivity index (χ1) is 14.6. The molecular weight excluding hydrogens is 374 g/mol. The fourth-order valence-electron chi connectivity index (χ4n) is 4.05. The lowest BCUT2D eigenvalue weighted by Crippen LogP contribution is -3.15. The molecule has 5 heteroatoms. The predicted octanol–water partition coefficient (Wildman–Crippen LogP) is 2.06. The Kier molecular flexibility index (Phi) is 6.10. The van der Waals surface area contributed by atoms with Crippen molar-refractivity contribution in [1.82, 2.24) is 10.2 Å². The first-order valence-electron chi connectivity index (χ1n) is 10.6. The Labute approximate surface area is 177 Å². The number of rotatable bonds is 5. The molecule has 2 amide bonds. The largest absolute Gasteiger partial charge is 0.345 e. The molecule has 30 heavy (non-hydrogen) atoms. The molecule has 0 spiro atoms. The molecule has 3 aromatic carbocycles. The van der Waals surface area contributed by atoms with E-state index in [0.717, 1.165) is 24.2 Å². The maximum atomic E-state index is 12.6. The van der Waals surface area contributed by atoms with Gasteiger partial charge in [-0.25, -0.2) is 0 Å². The van der Waals surface area contributed by atoms with E-state index >= 15 is 0 Å². The molecule has 0 bridgehead atoms. The maximum Gasteiger partial charge on any atom is 0.275 e. The summed E-state index contributed by atoms with van der Waals surface area (Å²) < 4.78 is 0. The molecule has 154 valence electrons. The van der Waals surface area contributed by atoms with Crippen LogP contribution in [0.15, 0.2) is 72.8 Å². The third-order valence-corrected chi connectivity index (χ3v) is 5.84. The molecule has 2 N–H and O–H groups in total. The van der Waals surface area contributed by atoms with E-state index in [2.05, 4.69) is 35.6 Å². The van der Waals surface area contributed by atoms with Crippen molar-refractivity contribution in [3.63, 3.8) is 0 Å². The maximum absolute atomic E-state index is 12.6. The Hall–Kier alpha value is -3.18. The topological polar surface area (TPSA) is 53.9 Å².